The van der Waals surface area contributed by atoms with Crippen LogP contribution in [0.1, 0.15) is 32.1 Å². The number of rotatable bonds is 1. The highest BCUT2D eigenvalue weighted by Gasteiger charge is 2.38. The van der Waals surface area contributed by atoms with Gasteiger partial charge in [0.2, 0.25) is 0 Å². The van der Waals surface area contributed by atoms with Crippen molar-refractivity contribution in [3.05, 3.63) is 0 Å². The van der Waals surface area contributed by atoms with Crippen LogP contribution < -0.4 is 0 Å². The van der Waals surface area contributed by atoms with E-state index in [2.05, 4.69) is 11.0 Å². The lowest BCUT2D eigenvalue weighted by Gasteiger charge is -2.43. The Hall–Kier alpha value is -0.200. The topological polar surface area (TPSA) is 27.0 Å². The van der Waals surface area contributed by atoms with E-state index in [9.17, 15) is 5.26 Å². The Bertz CT molecular complexity index is 222. The van der Waals surface area contributed by atoms with Crippen molar-refractivity contribution in [2.45, 2.75) is 37.6 Å². The highest BCUT2D eigenvalue weighted by molar-refractivity contribution is 7.99. The highest BCUT2D eigenvalue weighted by Crippen LogP contribution is 2.33. The van der Waals surface area contributed by atoms with Gasteiger partial charge in [0.05, 0.1) is 6.07 Å². The van der Waals surface area contributed by atoms with Gasteiger partial charge >= 0.3 is 0 Å². The molecule has 2 rings (SSSR count). The normalized spacial score (nSPS) is 28.2. The smallest absolute Gasteiger partial charge is 0.110 e. The van der Waals surface area contributed by atoms with Crippen LogP contribution in [0.5, 0.6) is 0 Å². The van der Waals surface area contributed by atoms with E-state index in [0.29, 0.717) is 0 Å². The van der Waals surface area contributed by atoms with Crippen LogP contribution in [0.4, 0.5) is 0 Å². The van der Waals surface area contributed by atoms with E-state index in [1.807, 2.05) is 11.8 Å². The minimum Gasteiger partial charge on any atom is -0.285 e. The van der Waals surface area contributed by atoms with Crippen LogP contribution in [0, 0.1) is 11.3 Å². The van der Waals surface area contributed by atoms with Gasteiger partial charge in [0.15, 0.2) is 0 Å². The minimum atomic E-state index is -0.0916. The van der Waals surface area contributed by atoms with Crippen molar-refractivity contribution in [1.82, 2.24) is 4.90 Å². The molecule has 3 heteroatoms. The largest absolute Gasteiger partial charge is 0.285 e. The van der Waals surface area contributed by atoms with Gasteiger partial charge < -0.3 is 0 Å². The molecule has 0 N–H and O–H groups in total. The summed E-state index contributed by atoms with van der Waals surface area (Å²) in [6.07, 6.45) is 6.09. The summed E-state index contributed by atoms with van der Waals surface area (Å²) in [7, 11) is 0. The molecule has 0 bridgehead atoms. The molecule has 2 saturated heterocycles. The Balaban J connectivity index is 2.06. The number of hydrogen-bond donors (Lipinski definition) is 0. The first-order chi connectivity index (χ1) is 6.87. The molecule has 2 aliphatic rings. The molecule has 14 heavy (non-hydrogen) atoms. The molecule has 0 saturated carbocycles. The van der Waals surface area contributed by atoms with Gasteiger partial charge in [-0.3, -0.25) is 4.90 Å². The molecule has 2 heterocycles. The zero-order chi connectivity index (χ0) is 9.86. The molecule has 0 atom stereocenters. The van der Waals surface area contributed by atoms with Gasteiger partial charge in [-0.15, -0.1) is 0 Å². The van der Waals surface area contributed by atoms with Crippen LogP contribution in [0.15, 0.2) is 0 Å². The first kappa shape index (κ1) is 10.3. The Morgan fingerprint density at radius 2 is 1.71 bits per heavy atom. The van der Waals surface area contributed by atoms with Crippen molar-refractivity contribution in [3.63, 3.8) is 0 Å². The lowest BCUT2D eigenvalue weighted by Crippen LogP contribution is -2.52. The third kappa shape index (κ3) is 1.92. The number of nitrogens with zero attached hydrogens (tertiary/aromatic N) is 2. The zero-order valence-corrected chi connectivity index (χ0v) is 9.48. The molecule has 2 aliphatic heterocycles. The number of thioether (sulfide) groups is 1. The van der Waals surface area contributed by atoms with E-state index in [1.165, 1.54) is 30.8 Å². The van der Waals surface area contributed by atoms with E-state index in [1.54, 1.807) is 0 Å². The molecule has 0 aromatic heterocycles. The summed E-state index contributed by atoms with van der Waals surface area (Å²) in [6, 6.07) is 2.60. The molecule has 0 aromatic rings. The van der Waals surface area contributed by atoms with Crippen molar-refractivity contribution in [3.8, 4) is 6.07 Å². The van der Waals surface area contributed by atoms with Crippen LogP contribution in [0.25, 0.3) is 0 Å². The summed E-state index contributed by atoms with van der Waals surface area (Å²) < 4.78 is 0. The first-order valence-electron chi connectivity index (χ1n) is 5.61. The number of likely N-dealkylation sites (tertiary alicyclic amines) is 1. The molecule has 78 valence electrons. The summed E-state index contributed by atoms with van der Waals surface area (Å²) in [5, 5.41) is 9.39. The van der Waals surface area contributed by atoms with E-state index >= 15 is 0 Å². The number of piperidine rings is 1. The van der Waals surface area contributed by atoms with E-state index in [0.717, 1.165) is 25.9 Å². The fourth-order valence-electron chi connectivity index (χ4n) is 2.53. The summed E-state index contributed by atoms with van der Waals surface area (Å²) >= 11 is 2.00. The van der Waals surface area contributed by atoms with Crippen molar-refractivity contribution < 1.29 is 0 Å². The Morgan fingerprint density at radius 1 is 1.07 bits per heavy atom. The van der Waals surface area contributed by atoms with Gasteiger partial charge in [0, 0.05) is 0 Å². The molecule has 0 radical (unpaired) electrons. The molecular formula is C11H18N2S. The van der Waals surface area contributed by atoms with Crippen LogP contribution >= 0.6 is 11.8 Å². The second-order valence-electron chi connectivity index (χ2n) is 4.30. The molecule has 0 aromatic carbocycles. The minimum absolute atomic E-state index is 0.0916. The molecule has 0 unspecified atom stereocenters. The maximum Gasteiger partial charge on any atom is 0.110 e. The fourth-order valence-corrected chi connectivity index (χ4v) is 3.70. The van der Waals surface area contributed by atoms with E-state index in [-0.39, 0.29) is 5.54 Å². The fraction of sp³-hybridized carbons (Fsp3) is 0.909. The zero-order valence-electron chi connectivity index (χ0n) is 8.67. The maximum absolute atomic E-state index is 9.39. The first-order valence-corrected chi connectivity index (χ1v) is 6.77. The predicted molar refractivity (Wildman–Crippen MR) is 60.3 cm³/mol. The standard InChI is InChI=1S/C11H18N2S/c12-10-11(4-8-14-9-5-11)13-6-2-1-3-7-13/h1-9H2. The quantitative estimate of drug-likeness (QED) is 0.664. The molecule has 0 spiro atoms. The average Bonchev–Trinajstić information content (AvgIpc) is 2.31. The van der Waals surface area contributed by atoms with Crippen LogP contribution in [-0.4, -0.2) is 35.0 Å². The summed E-state index contributed by atoms with van der Waals surface area (Å²) in [4.78, 5) is 2.45. The van der Waals surface area contributed by atoms with Gasteiger partial charge in [0.25, 0.3) is 0 Å². The van der Waals surface area contributed by atoms with Gasteiger partial charge in [0.1, 0.15) is 5.54 Å². The van der Waals surface area contributed by atoms with E-state index < -0.39 is 0 Å². The third-order valence-corrected chi connectivity index (χ3v) is 4.48. The predicted octanol–water partition coefficient (Wildman–Crippen LogP) is 2.26. The average molecular weight is 210 g/mol. The van der Waals surface area contributed by atoms with Crippen LogP contribution in [0.2, 0.25) is 0 Å². The van der Waals surface area contributed by atoms with Crippen molar-refractivity contribution in [2.24, 2.45) is 0 Å². The summed E-state index contributed by atoms with van der Waals surface area (Å²) in [6.45, 7) is 2.30. The van der Waals surface area contributed by atoms with Crippen LogP contribution in [0.3, 0.4) is 0 Å². The maximum atomic E-state index is 9.39. The number of hydrogen-bond acceptors (Lipinski definition) is 3. The van der Waals surface area contributed by atoms with E-state index in [4.69, 9.17) is 0 Å². The second-order valence-corrected chi connectivity index (χ2v) is 5.53. The van der Waals surface area contributed by atoms with Gasteiger partial charge in [-0.1, -0.05) is 6.42 Å². The Kier molecular flexibility index (Phi) is 3.35. The second kappa shape index (κ2) is 4.55. The lowest BCUT2D eigenvalue weighted by molar-refractivity contribution is 0.102. The SMILES string of the molecule is N#CC1(N2CCCCC2)CCSCC1. The third-order valence-electron chi connectivity index (χ3n) is 3.49. The molecular weight excluding hydrogens is 192 g/mol. The van der Waals surface area contributed by atoms with Crippen molar-refractivity contribution >= 4 is 11.8 Å². The number of nitriles is 1. The van der Waals surface area contributed by atoms with Gasteiger partial charge in [-0.25, -0.2) is 0 Å². The van der Waals surface area contributed by atoms with Gasteiger partial charge in [-0.2, -0.15) is 17.0 Å². The Morgan fingerprint density at radius 3 is 2.29 bits per heavy atom. The van der Waals surface area contributed by atoms with Crippen LogP contribution in [-0.2, 0) is 0 Å². The highest BCUT2D eigenvalue weighted by atomic mass is 32.2. The van der Waals surface area contributed by atoms with Gasteiger partial charge in [-0.05, 0) is 50.3 Å². The Labute approximate surface area is 90.7 Å². The summed E-state index contributed by atoms with van der Waals surface area (Å²) in [5.41, 5.74) is -0.0916. The lowest BCUT2D eigenvalue weighted by atomic mass is 9.89. The van der Waals surface area contributed by atoms with Crippen molar-refractivity contribution in [2.75, 3.05) is 24.6 Å². The molecule has 0 amide bonds. The molecule has 2 fully saturated rings. The van der Waals surface area contributed by atoms with Crippen molar-refractivity contribution in [1.29, 1.82) is 5.26 Å². The summed E-state index contributed by atoms with van der Waals surface area (Å²) in [5.74, 6) is 2.34. The molecule has 0 aliphatic carbocycles. The molecule has 2 nitrogen and oxygen atoms in total. The monoisotopic (exact) mass is 210 g/mol.